The zero-order chi connectivity index (χ0) is 7.11. The average molecular weight is 149 g/mol. The highest BCUT2D eigenvalue weighted by Gasteiger charge is 1.94. The molecule has 1 amide bonds. The van der Waals surface area contributed by atoms with Gasteiger partial charge in [-0.2, -0.15) is 12.6 Å². The molecule has 0 saturated carbocycles. The zero-order valence-electron chi connectivity index (χ0n) is 5.39. The molecule has 3 nitrogen and oxygen atoms in total. The van der Waals surface area contributed by atoms with Crippen LogP contribution >= 0.6 is 12.6 Å². The summed E-state index contributed by atoms with van der Waals surface area (Å²) in [6.45, 7) is 2.74. The van der Waals surface area contributed by atoms with Crippen LogP contribution in [0.25, 0.3) is 0 Å². The van der Waals surface area contributed by atoms with E-state index in [9.17, 15) is 4.79 Å². The van der Waals surface area contributed by atoms with Gasteiger partial charge in [0.1, 0.15) is 0 Å². The summed E-state index contributed by atoms with van der Waals surface area (Å²) in [6.07, 6.45) is -0.369. The second-order valence-corrected chi connectivity index (χ2v) is 1.82. The fourth-order valence-electron chi connectivity index (χ4n) is 0.340. The summed E-state index contributed by atoms with van der Waals surface area (Å²) >= 11 is 3.89. The van der Waals surface area contributed by atoms with Gasteiger partial charge in [0.2, 0.25) is 0 Å². The first-order valence-electron chi connectivity index (χ1n) is 2.82. The van der Waals surface area contributed by atoms with Crippen LogP contribution in [-0.4, -0.2) is 25.0 Å². The number of ether oxygens (including phenoxy) is 1. The molecule has 0 heterocycles. The van der Waals surface area contributed by atoms with Crippen LogP contribution in [0.4, 0.5) is 4.79 Å². The number of carbonyl (C=O) groups excluding carboxylic acids is 1. The Morgan fingerprint density at radius 1 is 1.78 bits per heavy atom. The molecular weight excluding hydrogens is 138 g/mol. The van der Waals surface area contributed by atoms with Crippen molar-refractivity contribution in [2.75, 3.05) is 18.9 Å². The molecule has 0 aliphatic carbocycles. The predicted molar refractivity (Wildman–Crippen MR) is 38.9 cm³/mol. The van der Waals surface area contributed by atoms with Crippen LogP contribution in [0.1, 0.15) is 6.92 Å². The number of hydrogen-bond acceptors (Lipinski definition) is 3. The molecule has 0 aromatic rings. The van der Waals surface area contributed by atoms with Crippen molar-refractivity contribution in [3.63, 3.8) is 0 Å². The Morgan fingerprint density at radius 3 is 2.89 bits per heavy atom. The largest absolute Gasteiger partial charge is 0.450 e. The second kappa shape index (κ2) is 5.75. The van der Waals surface area contributed by atoms with Crippen LogP contribution < -0.4 is 5.32 Å². The van der Waals surface area contributed by atoms with Crippen molar-refractivity contribution in [2.24, 2.45) is 0 Å². The van der Waals surface area contributed by atoms with E-state index in [1.807, 2.05) is 0 Å². The van der Waals surface area contributed by atoms with Gasteiger partial charge in [0.15, 0.2) is 0 Å². The number of thiol groups is 1. The molecule has 0 aromatic carbocycles. The summed E-state index contributed by atoms with van der Waals surface area (Å²) < 4.78 is 4.56. The molecule has 0 unspecified atom stereocenters. The van der Waals surface area contributed by atoms with Gasteiger partial charge in [-0.1, -0.05) is 0 Å². The van der Waals surface area contributed by atoms with Crippen molar-refractivity contribution in [1.29, 1.82) is 0 Å². The highest BCUT2D eigenvalue weighted by Crippen LogP contribution is 1.75. The van der Waals surface area contributed by atoms with E-state index in [1.165, 1.54) is 0 Å². The lowest BCUT2D eigenvalue weighted by molar-refractivity contribution is 0.153. The first kappa shape index (κ1) is 8.62. The first-order valence-corrected chi connectivity index (χ1v) is 3.46. The van der Waals surface area contributed by atoms with Gasteiger partial charge < -0.3 is 10.1 Å². The molecule has 0 saturated heterocycles. The standard InChI is InChI=1S/C5H11NO2S/c1-2-8-5(7)6-3-4-9/h9H,2-4H2,1H3,(H,6,7). The summed E-state index contributed by atoms with van der Waals surface area (Å²) in [4.78, 5) is 10.4. The van der Waals surface area contributed by atoms with E-state index in [-0.39, 0.29) is 6.09 Å². The average Bonchev–Trinajstić information content (AvgIpc) is 1.85. The minimum Gasteiger partial charge on any atom is -0.450 e. The fraction of sp³-hybridized carbons (Fsp3) is 0.800. The van der Waals surface area contributed by atoms with Crippen molar-refractivity contribution in [3.8, 4) is 0 Å². The van der Waals surface area contributed by atoms with Gasteiger partial charge in [0.05, 0.1) is 6.61 Å². The quantitative estimate of drug-likeness (QED) is 0.579. The monoisotopic (exact) mass is 149 g/mol. The van der Waals surface area contributed by atoms with Crippen LogP contribution in [0, 0.1) is 0 Å². The van der Waals surface area contributed by atoms with Crippen LogP contribution in [0.5, 0.6) is 0 Å². The molecule has 4 heteroatoms. The predicted octanol–water partition coefficient (Wildman–Crippen LogP) is 0.662. The molecule has 9 heavy (non-hydrogen) atoms. The number of carbonyl (C=O) groups is 1. The minimum atomic E-state index is -0.369. The third kappa shape index (κ3) is 5.49. The Balaban J connectivity index is 3.06. The van der Waals surface area contributed by atoms with E-state index < -0.39 is 0 Å². The first-order chi connectivity index (χ1) is 4.31. The minimum absolute atomic E-state index is 0.369. The fourth-order valence-corrected chi connectivity index (χ4v) is 0.452. The highest BCUT2D eigenvalue weighted by atomic mass is 32.1. The summed E-state index contributed by atoms with van der Waals surface area (Å²) in [5, 5.41) is 2.50. The van der Waals surface area contributed by atoms with Crippen LogP contribution in [0.15, 0.2) is 0 Å². The maximum atomic E-state index is 10.4. The lowest BCUT2D eigenvalue weighted by Crippen LogP contribution is -2.25. The van der Waals surface area contributed by atoms with Crippen LogP contribution in [-0.2, 0) is 4.74 Å². The molecule has 0 radical (unpaired) electrons. The molecule has 0 atom stereocenters. The maximum absolute atomic E-state index is 10.4. The van der Waals surface area contributed by atoms with Gasteiger partial charge in [0, 0.05) is 12.3 Å². The molecule has 0 bridgehead atoms. The topological polar surface area (TPSA) is 38.3 Å². The number of amides is 1. The van der Waals surface area contributed by atoms with Crippen LogP contribution in [0.2, 0.25) is 0 Å². The Kier molecular flexibility index (Phi) is 5.51. The lowest BCUT2D eigenvalue weighted by Gasteiger charge is -2.01. The Morgan fingerprint density at radius 2 is 2.44 bits per heavy atom. The Bertz CT molecular complexity index is 87.0. The van der Waals surface area contributed by atoms with Gasteiger partial charge in [0.25, 0.3) is 0 Å². The zero-order valence-corrected chi connectivity index (χ0v) is 6.28. The second-order valence-electron chi connectivity index (χ2n) is 1.37. The SMILES string of the molecule is CCOC(=O)NCCS. The van der Waals surface area contributed by atoms with E-state index in [0.717, 1.165) is 0 Å². The summed E-state index contributed by atoms with van der Waals surface area (Å²) in [5.41, 5.74) is 0. The van der Waals surface area contributed by atoms with E-state index in [2.05, 4.69) is 22.7 Å². The number of hydrogen-bond donors (Lipinski definition) is 2. The van der Waals surface area contributed by atoms with E-state index in [4.69, 9.17) is 0 Å². The van der Waals surface area contributed by atoms with Gasteiger partial charge in [-0.15, -0.1) is 0 Å². The molecule has 1 N–H and O–H groups in total. The van der Waals surface area contributed by atoms with E-state index >= 15 is 0 Å². The molecule has 0 spiro atoms. The molecule has 0 rings (SSSR count). The van der Waals surface area contributed by atoms with Crippen molar-refractivity contribution < 1.29 is 9.53 Å². The van der Waals surface area contributed by atoms with Gasteiger partial charge >= 0.3 is 6.09 Å². The van der Waals surface area contributed by atoms with Crippen molar-refractivity contribution in [1.82, 2.24) is 5.32 Å². The molecule has 0 fully saturated rings. The van der Waals surface area contributed by atoms with E-state index in [0.29, 0.717) is 18.9 Å². The smallest absolute Gasteiger partial charge is 0.407 e. The van der Waals surface area contributed by atoms with E-state index in [1.54, 1.807) is 6.92 Å². The highest BCUT2D eigenvalue weighted by molar-refractivity contribution is 7.80. The number of alkyl carbamates (subject to hydrolysis) is 1. The normalized spacial score (nSPS) is 8.67. The Labute approximate surface area is 60.2 Å². The summed E-state index contributed by atoms with van der Waals surface area (Å²) in [7, 11) is 0. The molecule has 0 aliphatic heterocycles. The third-order valence-corrected chi connectivity index (χ3v) is 0.880. The van der Waals surface area contributed by atoms with Gasteiger partial charge in [-0.3, -0.25) is 0 Å². The Hall–Kier alpha value is -0.380. The molecule has 0 aromatic heterocycles. The lowest BCUT2D eigenvalue weighted by atomic mass is 10.7. The summed E-state index contributed by atoms with van der Waals surface area (Å²) in [6, 6.07) is 0. The molecule has 0 aliphatic rings. The molecule has 54 valence electrons. The number of rotatable bonds is 3. The van der Waals surface area contributed by atoms with Crippen LogP contribution in [0.3, 0.4) is 0 Å². The van der Waals surface area contributed by atoms with Crippen molar-refractivity contribution in [3.05, 3.63) is 0 Å². The van der Waals surface area contributed by atoms with Gasteiger partial charge in [-0.25, -0.2) is 4.79 Å². The van der Waals surface area contributed by atoms with Crippen molar-refractivity contribution in [2.45, 2.75) is 6.92 Å². The number of nitrogens with one attached hydrogen (secondary N) is 1. The van der Waals surface area contributed by atoms with Gasteiger partial charge in [-0.05, 0) is 6.92 Å². The third-order valence-electron chi connectivity index (χ3n) is 0.657. The van der Waals surface area contributed by atoms with Crippen molar-refractivity contribution >= 4 is 18.7 Å². The molecular formula is C5H11NO2S. The maximum Gasteiger partial charge on any atom is 0.407 e. The summed E-state index contributed by atoms with van der Waals surface area (Å²) in [5.74, 6) is 0.638.